The second-order valence-electron chi connectivity index (χ2n) is 8.09. The summed E-state index contributed by atoms with van der Waals surface area (Å²) in [5.41, 5.74) is 3.01. The molecule has 5 rings (SSSR count). The van der Waals surface area contributed by atoms with Gasteiger partial charge in [0.1, 0.15) is 5.82 Å². The molecule has 0 radical (unpaired) electrons. The maximum absolute atomic E-state index is 12.5. The Hall–Kier alpha value is -3.06. The Balaban J connectivity index is 1.13. The van der Waals surface area contributed by atoms with E-state index in [9.17, 15) is 4.79 Å². The number of para-hydroxylation sites is 2. The van der Waals surface area contributed by atoms with Crippen molar-refractivity contribution < 1.29 is 14.3 Å². The van der Waals surface area contributed by atoms with E-state index in [4.69, 9.17) is 9.47 Å². The molecule has 0 saturated carbocycles. The van der Waals surface area contributed by atoms with E-state index in [2.05, 4.69) is 44.9 Å². The van der Waals surface area contributed by atoms with Crippen LogP contribution in [0.15, 0.2) is 42.5 Å². The van der Waals surface area contributed by atoms with Crippen molar-refractivity contribution in [2.24, 2.45) is 5.92 Å². The highest BCUT2D eigenvalue weighted by molar-refractivity contribution is 5.92. The van der Waals surface area contributed by atoms with Gasteiger partial charge in [-0.15, -0.1) is 0 Å². The van der Waals surface area contributed by atoms with Crippen LogP contribution in [0, 0.1) is 12.8 Å². The minimum atomic E-state index is 0.00348. The molecule has 0 unspecified atom stereocenters. The molecule has 3 heterocycles. The molecule has 1 aromatic heterocycles. The summed E-state index contributed by atoms with van der Waals surface area (Å²) >= 11 is 0. The summed E-state index contributed by atoms with van der Waals surface area (Å²) in [6, 6.07) is 13.8. The molecule has 7 heteroatoms. The van der Waals surface area contributed by atoms with E-state index in [0.717, 1.165) is 55.3 Å². The molecule has 2 aromatic carbocycles. The molecular formula is C23H26N4O3. The number of aryl methyl sites for hydroxylation is 1. The van der Waals surface area contributed by atoms with E-state index in [1.807, 2.05) is 24.3 Å². The van der Waals surface area contributed by atoms with E-state index in [-0.39, 0.29) is 12.7 Å². The lowest BCUT2D eigenvalue weighted by atomic mass is 9.96. The topological polar surface area (TPSA) is 68.6 Å². The van der Waals surface area contributed by atoms with Crippen LogP contribution in [-0.2, 0) is 11.3 Å². The summed E-state index contributed by atoms with van der Waals surface area (Å²) in [6.07, 6.45) is 2.17. The standard InChI is InChI=1S/C23H26N4O3/c1-16-24-19-4-2-3-5-20(19)27(16)13-17-8-10-26(11-9-17)14-23(28)25-18-6-7-21-22(12-18)30-15-29-21/h2-7,12,17H,8-11,13-15H2,1H3,(H,25,28). The number of ether oxygens (including phenoxy) is 2. The number of nitrogens with zero attached hydrogens (tertiary/aromatic N) is 3. The lowest BCUT2D eigenvalue weighted by Crippen LogP contribution is -2.40. The number of rotatable bonds is 5. The first-order valence-electron chi connectivity index (χ1n) is 10.5. The van der Waals surface area contributed by atoms with Gasteiger partial charge in [0.2, 0.25) is 12.7 Å². The highest BCUT2D eigenvalue weighted by Gasteiger charge is 2.23. The van der Waals surface area contributed by atoms with Gasteiger partial charge in [-0.25, -0.2) is 4.98 Å². The number of likely N-dealkylation sites (tertiary alicyclic amines) is 1. The summed E-state index contributed by atoms with van der Waals surface area (Å²) in [5.74, 6) is 3.08. The maximum Gasteiger partial charge on any atom is 0.238 e. The first kappa shape index (κ1) is 18.9. The van der Waals surface area contributed by atoms with Crippen molar-refractivity contribution >= 4 is 22.6 Å². The van der Waals surface area contributed by atoms with Gasteiger partial charge in [-0.3, -0.25) is 9.69 Å². The number of benzene rings is 2. The number of carbonyl (C=O) groups excluding carboxylic acids is 1. The van der Waals surface area contributed by atoms with Gasteiger partial charge in [0.05, 0.1) is 17.6 Å². The minimum absolute atomic E-state index is 0.00348. The van der Waals surface area contributed by atoms with E-state index in [0.29, 0.717) is 18.2 Å². The van der Waals surface area contributed by atoms with Crippen LogP contribution in [0.3, 0.4) is 0 Å². The third kappa shape index (κ3) is 3.85. The van der Waals surface area contributed by atoms with Gasteiger partial charge in [-0.2, -0.15) is 0 Å². The number of hydrogen-bond acceptors (Lipinski definition) is 5. The van der Waals surface area contributed by atoms with Crippen LogP contribution in [0.1, 0.15) is 18.7 Å². The second kappa shape index (κ2) is 7.99. The maximum atomic E-state index is 12.5. The Labute approximate surface area is 175 Å². The number of fused-ring (bicyclic) bond motifs is 2. The highest BCUT2D eigenvalue weighted by atomic mass is 16.7. The minimum Gasteiger partial charge on any atom is -0.454 e. The van der Waals surface area contributed by atoms with Crippen LogP contribution < -0.4 is 14.8 Å². The molecule has 1 N–H and O–H groups in total. The fourth-order valence-corrected chi connectivity index (χ4v) is 4.39. The molecule has 1 fully saturated rings. The average Bonchev–Trinajstić information content (AvgIpc) is 3.33. The summed E-state index contributed by atoms with van der Waals surface area (Å²) < 4.78 is 13.0. The SMILES string of the molecule is Cc1nc2ccccc2n1CC1CCN(CC(=O)Nc2ccc3c(c2)OCO3)CC1. The number of piperidine rings is 1. The Bertz CT molecular complexity index is 1070. The molecular weight excluding hydrogens is 380 g/mol. The summed E-state index contributed by atoms with van der Waals surface area (Å²) in [6.45, 7) is 5.58. The summed E-state index contributed by atoms with van der Waals surface area (Å²) in [5, 5.41) is 2.97. The Morgan fingerprint density at radius 2 is 1.93 bits per heavy atom. The van der Waals surface area contributed by atoms with Crippen LogP contribution in [-0.4, -0.2) is 46.8 Å². The molecule has 0 spiro atoms. The number of hydrogen-bond donors (Lipinski definition) is 1. The zero-order chi connectivity index (χ0) is 20.5. The molecule has 2 aliphatic heterocycles. The highest BCUT2D eigenvalue weighted by Crippen LogP contribution is 2.34. The molecule has 156 valence electrons. The van der Waals surface area contributed by atoms with Crippen LogP contribution in [0.2, 0.25) is 0 Å². The number of nitrogens with one attached hydrogen (secondary N) is 1. The third-order valence-corrected chi connectivity index (χ3v) is 6.02. The second-order valence-corrected chi connectivity index (χ2v) is 8.09. The summed E-state index contributed by atoms with van der Waals surface area (Å²) in [4.78, 5) is 19.4. The van der Waals surface area contributed by atoms with Gasteiger partial charge in [0.25, 0.3) is 0 Å². The molecule has 0 atom stereocenters. The van der Waals surface area contributed by atoms with E-state index in [1.165, 1.54) is 5.52 Å². The fraction of sp³-hybridized carbons (Fsp3) is 0.391. The van der Waals surface area contributed by atoms with Crippen molar-refractivity contribution in [2.75, 3.05) is 31.7 Å². The van der Waals surface area contributed by atoms with Gasteiger partial charge >= 0.3 is 0 Å². The van der Waals surface area contributed by atoms with Crippen molar-refractivity contribution in [3.05, 3.63) is 48.3 Å². The molecule has 0 bridgehead atoms. The smallest absolute Gasteiger partial charge is 0.238 e. The third-order valence-electron chi connectivity index (χ3n) is 6.02. The van der Waals surface area contributed by atoms with Crippen LogP contribution in [0.4, 0.5) is 5.69 Å². The van der Waals surface area contributed by atoms with Gasteiger partial charge < -0.3 is 19.4 Å². The number of carbonyl (C=O) groups is 1. The predicted octanol–water partition coefficient (Wildman–Crippen LogP) is 3.42. The van der Waals surface area contributed by atoms with Crippen LogP contribution >= 0.6 is 0 Å². The predicted molar refractivity (Wildman–Crippen MR) is 115 cm³/mol. The van der Waals surface area contributed by atoms with E-state index in [1.54, 1.807) is 0 Å². The Morgan fingerprint density at radius 3 is 2.80 bits per heavy atom. The zero-order valence-corrected chi connectivity index (χ0v) is 17.1. The average molecular weight is 406 g/mol. The number of amides is 1. The van der Waals surface area contributed by atoms with Crippen LogP contribution in [0.25, 0.3) is 11.0 Å². The molecule has 0 aliphatic carbocycles. The fourth-order valence-electron chi connectivity index (χ4n) is 4.39. The van der Waals surface area contributed by atoms with Crippen LogP contribution in [0.5, 0.6) is 11.5 Å². The zero-order valence-electron chi connectivity index (χ0n) is 17.1. The quantitative estimate of drug-likeness (QED) is 0.703. The Kier molecular flexibility index (Phi) is 5.04. The largest absolute Gasteiger partial charge is 0.454 e. The lowest BCUT2D eigenvalue weighted by Gasteiger charge is -2.31. The Morgan fingerprint density at radius 1 is 1.13 bits per heavy atom. The lowest BCUT2D eigenvalue weighted by molar-refractivity contribution is -0.117. The molecule has 1 saturated heterocycles. The molecule has 1 amide bonds. The first-order valence-corrected chi connectivity index (χ1v) is 10.5. The van der Waals surface area contributed by atoms with Crippen molar-refractivity contribution in [3.8, 4) is 11.5 Å². The van der Waals surface area contributed by atoms with Gasteiger partial charge in [0.15, 0.2) is 11.5 Å². The van der Waals surface area contributed by atoms with E-state index < -0.39 is 0 Å². The molecule has 2 aliphatic rings. The van der Waals surface area contributed by atoms with Gasteiger partial charge in [-0.1, -0.05) is 12.1 Å². The number of aromatic nitrogens is 2. The summed E-state index contributed by atoms with van der Waals surface area (Å²) in [7, 11) is 0. The van der Waals surface area contributed by atoms with Crippen molar-refractivity contribution in [1.82, 2.24) is 14.5 Å². The van der Waals surface area contributed by atoms with Crippen molar-refractivity contribution in [3.63, 3.8) is 0 Å². The number of imidazole rings is 1. The van der Waals surface area contributed by atoms with Gasteiger partial charge in [-0.05, 0) is 63.0 Å². The monoisotopic (exact) mass is 406 g/mol. The molecule has 30 heavy (non-hydrogen) atoms. The molecule has 3 aromatic rings. The molecule has 7 nitrogen and oxygen atoms in total. The first-order chi connectivity index (χ1) is 14.7. The van der Waals surface area contributed by atoms with Gasteiger partial charge in [0, 0.05) is 18.3 Å². The normalized spacial score (nSPS) is 16.8. The van der Waals surface area contributed by atoms with Crippen molar-refractivity contribution in [1.29, 1.82) is 0 Å². The van der Waals surface area contributed by atoms with Crippen molar-refractivity contribution in [2.45, 2.75) is 26.3 Å². The number of anilines is 1. The van der Waals surface area contributed by atoms with E-state index >= 15 is 0 Å².